The lowest BCUT2D eigenvalue weighted by atomic mass is 9.93. The first-order chi connectivity index (χ1) is 30.8. The van der Waals surface area contributed by atoms with Crippen molar-refractivity contribution in [2.24, 2.45) is 0 Å². The maximum absolute atomic E-state index is 6.86. The number of hydrogen-bond donors (Lipinski definition) is 0. The van der Waals surface area contributed by atoms with Crippen LogP contribution in [0.25, 0.3) is 127 Å². The van der Waals surface area contributed by atoms with Gasteiger partial charge in [-0.3, -0.25) is 4.57 Å². The van der Waals surface area contributed by atoms with E-state index in [9.17, 15) is 0 Å². The summed E-state index contributed by atoms with van der Waals surface area (Å²) >= 11 is 0. The van der Waals surface area contributed by atoms with Gasteiger partial charge >= 0.3 is 0 Å². The van der Waals surface area contributed by atoms with Gasteiger partial charge in [-0.25, -0.2) is 4.98 Å². The van der Waals surface area contributed by atoms with E-state index in [2.05, 4.69) is 193 Å². The van der Waals surface area contributed by atoms with Gasteiger partial charge in [-0.05, 0) is 61.6 Å². The van der Waals surface area contributed by atoms with Gasteiger partial charge in [-0.2, -0.15) is 9.97 Å². The molecule has 0 saturated heterocycles. The molecule has 5 heteroatoms. The van der Waals surface area contributed by atoms with Crippen LogP contribution >= 0.6 is 0 Å². The van der Waals surface area contributed by atoms with Crippen molar-refractivity contribution in [2.75, 3.05) is 0 Å². The molecule has 0 aliphatic carbocycles. The number of nitrogens with zero attached hydrogens (tertiary/aromatic N) is 4. The summed E-state index contributed by atoms with van der Waals surface area (Å²) in [6.45, 7) is 0. The van der Waals surface area contributed by atoms with Gasteiger partial charge in [0.15, 0.2) is 11.6 Å². The van der Waals surface area contributed by atoms with Crippen LogP contribution in [-0.4, -0.2) is 19.5 Å². The quantitative estimate of drug-likeness (QED) is 0.163. The highest BCUT2D eigenvalue weighted by Crippen LogP contribution is 2.44. The molecule has 0 spiro atoms. The van der Waals surface area contributed by atoms with Crippen molar-refractivity contribution in [3.05, 3.63) is 206 Å². The second kappa shape index (κ2) is 13.6. The van der Waals surface area contributed by atoms with Crippen LogP contribution in [0, 0.1) is 0 Å². The van der Waals surface area contributed by atoms with E-state index in [1.807, 2.05) is 18.2 Å². The van der Waals surface area contributed by atoms with Gasteiger partial charge in [0.2, 0.25) is 5.95 Å². The van der Waals surface area contributed by atoms with Gasteiger partial charge in [-0.1, -0.05) is 188 Å². The third kappa shape index (κ3) is 5.18. The molecule has 0 N–H and O–H groups in total. The predicted molar refractivity (Wildman–Crippen MR) is 256 cm³/mol. The maximum atomic E-state index is 6.86. The lowest BCUT2D eigenvalue weighted by molar-refractivity contribution is 0.670. The highest BCUT2D eigenvalue weighted by Gasteiger charge is 2.23. The van der Waals surface area contributed by atoms with Gasteiger partial charge in [-0.15, -0.1) is 0 Å². The Hall–Kier alpha value is -8.41. The summed E-state index contributed by atoms with van der Waals surface area (Å²) in [6.07, 6.45) is 0. The average Bonchev–Trinajstić information content (AvgIpc) is 3.91. The number of para-hydroxylation sites is 3. The zero-order valence-electron chi connectivity index (χ0n) is 33.3. The molecule has 0 atom stereocenters. The summed E-state index contributed by atoms with van der Waals surface area (Å²) < 4.78 is 9.09. The molecule has 5 nitrogen and oxygen atoms in total. The minimum absolute atomic E-state index is 0.541. The Labute approximate surface area is 355 Å². The molecule has 0 bridgehead atoms. The summed E-state index contributed by atoms with van der Waals surface area (Å²) in [6, 6.07) is 72.6. The standard InChI is InChI=1S/C57H34N4O/c1-3-16-35(17-4-1)38-25-15-31-51-52(38)48-29-14-28-47(54(48)62-51)46-27-13-26-45-44-24-11-12-30-50(44)61(53(45)46)57-59-55(36-18-5-2-6-19-36)58-56(60-57)37-32-33-43-41-22-8-7-20-39(41)40-21-9-10-23-42(40)49(43)34-37/h1-34H. The molecular formula is C57H34N4O. The molecule has 0 aliphatic heterocycles. The van der Waals surface area contributed by atoms with E-state index in [1.165, 1.54) is 26.9 Å². The largest absolute Gasteiger partial charge is 0.455 e. The predicted octanol–water partition coefficient (Wildman–Crippen LogP) is 15.0. The average molecular weight is 791 g/mol. The highest BCUT2D eigenvalue weighted by molar-refractivity contribution is 6.26. The van der Waals surface area contributed by atoms with Gasteiger partial charge < -0.3 is 4.42 Å². The van der Waals surface area contributed by atoms with E-state index in [-0.39, 0.29) is 0 Å². The first-order valence-corrected chi connectivity index (χ1v) is 20.9. The minimum Gasteiger partial charge on any atom is -0.455 e. The second-order valence-electron chi connectivity index (χ2n) is 15.9. The van der Waals surface area contributed by atoms with Crippen LogP contribution in [0.2, 0.25) is 0 Å². The van der Waals surface area contributed by atoms with E-state index in [1.54, 1.807) is 0 Å². The Morgan fingerprint density at radius 2 is 0.871 bits per heavy atom. The fourth-order valence-electron chi connectivity index (χ4n) is 9.72. The molecule has 0 saturated carbocycles. The topological polar surface area (TPSA) is 56.7 Å². The van der Waals surface area contributed by atoms with Crippen molar-refractivity contribution in [3.8, 4) is 51.0 Å². The fraction of sp³-hybridized carbons (Fsp3) is 0. The molecule has 0 aliphatic rings. The van der Waals surface area contributed by atoms with Crippen molar-refractivity contribution in [2.45, 2.75) is 0 Å². The van der Waals surface area contributed by atoms with Crippen LogP contribution in [0.4, 0.5) is 0 Å². The summed E-state index contributed by atoms with van der Waals surface area (Å²) in [5, 5.41) is 11.6. The fourth-order valence-corrected chi connectivity index (χ4v) is 9.72. The summed E-state index contributed by atoms with van der Waals surface area (Å²) in [5.74, 6) is 1.74. The molecule has 10 aromatic carbocycles. The van der Waals surface area contributed by atoms with E-state index < -0.39 is 0 Å². The molecular weight excluding hydrogens is 757 g/mol. The van der Waals surface area contributed by atoms with E-state index >= 15 is 0 Å². The maximum Gasteiger partial charge on any atom is 0.238 e. The number of fused-ring (bicyclic) bond motifs is 12. The molecule has 288 valence electrons. The van der Waals surface area contributed by atoms with Gasteiger partial charge in [0, 0.05) is 43.8 Å². The Kier molecular flexibility index (Phi) is 7.54. The smallest absolute Gasteiger partial charge is 0.238 e. The second-order valence-corrected chi connectivity index (χ2v) is 15.9. The molecule has 3 heterocycles. The summed E-state index contributed by atoms with van der Waals surface area (Å²) in [4.78, 5) is 16.0. The third-order valence-corrected chi connectivity index (χ3v) is 12.5. The van der Waals surface area contributed by atoms with Gasteiger partial charge in [0.05, 0.1) is 11.0 Å². The van der Waals surface area contributed by atoms with Crippen molar-refractivity contribution in [1.29, 1.82) is 0 Å². The monoisotopic (exact) mass is 790 g/mol. The molecule has 62 heavy (non-hydrogen) atoms. The SMILES string of the molecule is c1ccc(-c2nc(-c3ccc4c5ccccc5c5ccccc5c4c3)nc(-n3c4ccccc4c4cccc(-c5cccc6c5oc5cccc(-c7ccccc7)c56)c43)n2)cc1. The van der Waals surface area contributed by atoms with Crippen LogP contribution in [-0.2, 0) is 0 Å². The van der Waals surface area contributed by atoms with Crippen LogP contribution in [0.1, 0.15) is 0 Å². The number of hydrogen-bond acceptors (Lipinski definition) is 4. The number of aromatic nitrogens is 4. The molecule has 0 unspecified atom stereocenters. The normalized spacial score (nSPS) is 11.9. The number of benzene rings is 10. The molecule has 0 radical (unpaired) electrons. The highest BCUT2D eigenvalue weighted by atomic mass is 16.3. The van der Waals surface area contributed by atoms with Crippen molar-refractivity contribution < 1.29 is 4.42 Å². The van der Waals surface area contributed by atoms with E-state index in [0.717, 1.165) is 82.5 Å². The van der Waals surface area contributed by atoms with Gasteiger partial charge in [0.25, 0.3) is 0 Å². The van der Waals surface area contributed by atoms with Crippen LogP contribution in [0.3, 0.4) is 0 Å². The molecule has 0 fully saturated rings. The van der Waals surface area contributed by atoms with Crippen molar-refractivity contribution >= 4 is 76.1 Å². The Bertz CT molecular complexity index is 3890. The Balaban J connectivity index is 1.09. The lowest BCUT2D eigenvalue weighted by Gasteiger charge is -2.14. The zero-order chi connectivity index (χ0) is 40.7. The zero-order valence-corrected chi connectivity index (χ0v) is 33.3. The van der Waals surface area contributed by atoms with Gasteiger partial charge in [0.1, 0.15) is 11.2 Å². The van der Waals surface area contributed by atoms with Crippen LogP contribution < -0.4 is 0 Å². The van der Waals surface area contributed by atoms with Crippen molar-refractivity contribution in [1.82, 2.24) is 19.5 Å². The Morgan fingerprint density at radius 1 is 0.339 bits per heavy atom. The number of rotatable bonds is 5. The summed E-state index contributed by atoms with van der Waals surface area (Å²) in [7, 11) is 0. The summed E-state index contributed by atoms with van der Waals surface area (Å²) in [5.41, 5.74) is 9.85. The first-order valence-electron chi connectivity index (χ1n) is 20.9. The molecule has 0 amide bonds. The van der Waals surface area contributed by atoms with E-state index in [4.69, 9.17) is 19.4 Å². The first kappa shape index (κ1) is 34.5. The van der Waals surface area contributed by atoms with Crippen LogP contribution in [0.5, 0.6) is 0 Å². The lowest BCUT2D eigenvalue weighted by Crippen LogP contribution is -2.07. The third-order valence-electron chi connectivity index (χ3n) is 12.5. The van der Waals surface area contributed by atoms with Crippen molar-refractivity contribution in [3.63, 3.8) is 0 Å². The number of furan rings is 1. The molecule has 3 aromatic heterocycles. The Morgan fingerprint density at radius 3 is 1.60 bits per heavy atom. The van der Waals surface area contributed by atoms with Crippen LogP contribution in [0.15, 0.2) is 211 Å². The minimum atomic E-state index is 0.541. The van der Waals surface area contributed by atoms with E-state index in [0.29, 0.717) is 17.6 Å². The molecule has 13 rings (SSSR count). The molecule has 13 aromatic rings.